The molecule has 0 unspecified atom stereocenters. The SMILES string of the molecule is CCN(CCOC)C(=O)CCCCO. The van der Waals surface area contributed by atoms with Crippen molar-refractivity contribution in [2.75, 3.05) is 33.4 Å². The lowest BCUT2D eigenvalue weighted by Gasteiger charge is -2.20. The molecule has 0 aromatic heterocycles. The number of carbonyl (C=O) groups is 1. The van der Waals surface area contributed by atoms with E-state index in [1.54, 1.807) is 12.0 Å². The lowest BCUT2D eigenvalue weighted by Crippen LogP contribution is -2.33. The Labute approximate surface area is 85.9 Å². The number of amides is 1. The van der Waals surface area contributed by atoms with Gasteiger partial charge in [0.1, 0.15) is 0 Å². The van der Waals surface area contributed by atoms with Gasteiger partial charge in [-0.3, -0.25) is 4.79 Å². The molecule has 0 bridgehead atoms. The van der Waals surface area contributed by atoms with Crippen molar-refractivity contribution in [1.29, 1.82) is 0 Å². The summed E-state index contributed by atoms with van der Waals surface area (Å²) in [4.78, 5) is 13.3. The fourth-order valence-electron chi connectivity index (χ4n) is 1.21. The van der Waals surface area contributed by atoms with E-state index in [1.807, 2.05) is 6.92 Å². The predicted octanol–water partition coefficient (Wildman–Crippen LogP) is 0.644. The zero-order valence-electron chi connectivity index (χ0n) is 9.16. The van der Waals surface area contributed by atoms with Crippen LogP contribution in [0.5, 0.6) is 0 Å². The van der Waals surface area contributed by atoms with Gasteiger partial charge in [0.05, 0.1) is 6.61 Å². The third-order valence-corrected chi connectivity index (χ3v) is 2.10. The van der Waals surface area contributed by atoms with Gasteiger partial charge in [-0.1, -0.05) is 0 Å². The first-order valence-electron chi connectivity index (χ1n) is 5.13. The quantitative estimate of drug-likeness (QED) is 0.589. The van der Waals surface area contributed by atoms with E-state index >= 15 is 0 Å². The number of hydrogen-bond acceptors (Lipinski definition) is 3. The van der Waals surface area contributed by atoms with Crippen LogP contribution in [0.3, 0.4) is 0 Å². The first-order valence-corrected chi connectivity index (χ1v) is 5.13. The predicted molar refractivity (Wildman–Crippen MR) is 55.1 cm³/mol. The molecule has 0 saturated heterocycles. The second-order valence-corrected chi connectivity index (χ2v) is 3.15. The number of unbranched alkanes of at least 4 members (excludes halogenated alkanes) is 1. The summed E-state index contributed by atoms with van der Waals surface area (Å²) in [6.45, 7) is 4.09. The van der Waals surface area contributed by atoms with Crippen molar-refractivity contribution in [1.82, 2.24) is 4.90 Å². The van der Waals surface area contributed by atoms with Crippen LogP contribution in [-0.2, 0) is 9.53 Å². The van der Waals surface area contributed by atoms with Crippen molar-refractivity contribution >= 4 is 5.91 Å². The van der Waals surface area contributed by atoms with Crippen LogP contribution in [0.25, 0.3) is 0 Å². The minimum atomic E-state index is 0.151. The first-order chi connectivity index (χ1) is 6.76. The van der Waals surface area contributed by atoms with Gasteiger partial charge < -0.3 is 14.7 Å². The number of methoxy groups -OCH3 is 1. The Bertz CT molecular complexity index is 150. The van der Waals surface area contributed by atoms with Gasteiger partial charge in [-0.2, -0.15) is 0 Å². The van der Waals surface area contributed by atoms with Gasteiger partial charge in [-0.05, 0) is 19.8 Å². The Morgan fingerprint density at radius 3 is 2.64 bits per heavy atom. The van der Waals surface area contributed by atoms with Gasteiger partial charge in [0.15, 0.2) is 0 Å². The molecule has 0 rings (SSSR count). The molecule has 0 radical (unpaired) electrons. The molecular formula is C10H21NO3. The topological polar surface area (TPSA) is 49.8 Å². The van der Waals surface area contributed by atoms with Crippen LogP contribution in [0, 0.1) is 0 Å². The summed E-state index contributed by atoms with van der Waals surface area (Å²) >= 11 is 0. The number of likely N-dealkylation sites (N-methyl/N-ethyl adjacent to an activating group) is 1. The van der Waals surface area contributed by atoms with E-state index in [1.165, 1.54) is 0 Å². The second-order valence-electron chi connectivity index (χ2n) is 3.15. The highest BCUT2D eigenvalue weighted by Gasteiger charge is 2.09. The summed E-state index contributed by atoms with van der Waals surface area (Å²) in [7, 11) is 1.63. The molecule has 1 N–H and O–H groups in total. The number of nitrogens with zero attached hydrogens (tertiary/aromatic N) is 1. The maximum atomic E-state index is 11.5. The third kappa shape index (κ3) is 5.94. The molecule has 1 amide bonds. The van der Waals surface area contributed by atoms with E-state index in [2.05, 4.69) is 0 Å². The fourth-order valence-corrected chi connectivity index (χ4v) is 1.21. The van der Waals surface area contributed by atoms with Crippen molar-refractivity contribution in [3.8, 4) is 0 Å². The molecule has 4 nitrogen and oxygen atoms in total. The minimum absolute atomic E-state index is 0.151. The number of carbonyl (C=O) groups excluding carboxylic acids is 1. The van der Waals surface area contributed by atoms with E-state index < -0.39 is 0 Å². The average molecular weight is 203 g/mol. The summed E-state index contributed by atoms with van der Waals surface area (Å²) in [5.41, 5.74) is 0. The Balaban J connectivity index is 3.67. The van der Waals surface area contributed by atoms with E-state index in [0.717, 1.165) is 13.0 Å². The Kier molecular flexibility index (Phi) is 8.57. The van der Waals surface area contributed by atoms with Crippen LogP contribution in [0.2, 0.25) is 0 Å². The van der Waals surface area contributed by atoms with Crippen LogP contribution in [0.15, 0.2) is 0 Å². The first kappa shape index (κ1) is 13.4. The molecule has 0 fully saturated rings. The van der Waals surface area contributed by atoms with Crippen LogP contribution in [-0.4, -0.2) is 49.3 Å². The van der Waals surface area contributed by atoms with Gasteiger partial charge >= 0.3 is 0 Å². The van der Waals surface area contributed by atoms with E-state index in [9.17, 15) is 4.79 Å². The molecule has 0 atom stereocenters. The van der Waals surface area contributed by atoms with Gasteiger partial charge in [0.25, 0.3) is 0 Å². The minimum Gasteiger partial charge on any atom is -0.396 e. The van der Waals surface area contributed by atoms with Crippen molar-refractivity contribution in [3.05, 3.63) is 0 Å². The third-order valence-electron chi connectivity index (χ3n) is 2.10. The molecule has 4 heteroatoms. The van der Waals surface area contributed by atoms with E-state index in [4.69, 9.17) is 9.84 Å². The van der Waals surface area contributed by atoms with Crippen molar-refractivity contribution < 1.29 is 14.6 Å². The summed E-state index contributed by atoms with van der Waals surface area (Å²) in [5, 5.41) is 8.57. The van der Waals surface area contributed by atoms with Gasteiger partial charge in [-0.15, -0.1) is 0 Å². The summed E-state index contributed by atoms with van der Waals surface area (Å²) in [6.07, 6.45) is 1.99. The van der Waals surface area contributed by atoms with E-state index in [-0.39, 0.29) is 12.5 Å². The van der Waals surface area contributed by atoms with Crippen molar-refractivity contribution in [3.63, 3.8) is 0 Å². The molecule has 0 heterocycles. The second kappa shape index (κ2) is 8.97. The summed E-state index contributed by atoms with van der Waals surface area (Å²) in [6, 6.07) is 0. The fraction of sp³-hybridized carbons (Fsp3) is 0.900. The number of ether oxygens (including phenoxy) is 1. The average Bonchev–Trinajstić information content (AvgIpc) is 2.19. The molecule has 0 aliphatic rings. The molecular weight excluding hydrogens is 182 g/mol. The Morgan fingerprint density at radius 1 is 1.43 bits per heavy atom. The monoisotopic (exact) mass is 203 g/mol. The zero-order chi connectivity index (χ0) is 10.8. The summed E-state index contributed by atoms with van der Waals surface area (Å²) in [5.74, 6) is 0.151. The smallest absolute Gasteiger partial charge is 0.222 e. The molecule has 14 heavy (non-hydrogen) atoms. The molecule has 0 aromatic rings. The Hall–Kier alpha value is -0.610. The molecule has 0 aliphatic carbocycles. The van der Waals surface area contributed by atoms with Crippen LogP contribution in [0.4, 0.5) is 0 Å². The normalized spacial score (nSPS) is 10.2. The molecule has 0 aromatic carbocycles. The largest absolute Gasteiger partial charge is 0.396 e. The number of aliphatic hydroxyl groups is 1. The molecule has 0 spiro atoms. The lowest BCUT2D eigenvalue weighted by molar-refractivity contribution is -0.131. The number of hydrogen-bond donors (Lipinski definition) is 1. The van der Waals surface area contributed by atoms with Crippen LogP contribution in [0.1, 0.15) is 26.2 Å². The van der Waals surface area contributed by atoms with Gasteiger partial charge in [-0.25, -0.2) is 0 Å². The van der Waals surface area contributed by atoms with Gasteiger partial charge in [0, 0.05) is 33.2 Å². The van der Waals surface area contributed by atoms with Crippen LogP contribution < -0.4 is 0 Å². The Morgan fingerprint density at radius 2 is 2.14 bits per heavy atom. The van der Waals surface area contributed by atoms with Crippen LogP contribution >= 0.6 is 0 Å². The maximum absolute atomic E-state index is 11.5. The zero-order valence-corrected chi connectivity index (χ0v) is 9.16. The van der Waals surface area contributed by atoms with E-state index in [0.29, 0.717) is 26.0 Å². The highest BCUT2D eigenvalue weighted by Crippen LogP contribution is 2.00. The molecule has 0 saturated carbocycles. The van der Waals surface area contributed by atoms with Crippen molar-refractivity contribution in [2.45, 2.75) is 26.2 Å². The lowest BCUT2D eigenvalue weighted by atomic mass is 10.2. The molecule has 0 aliphatic heterocycles. The van der Waals surface area contributed by atoms with Crippen molar-refractivity contribution in [2.24, 2.45) is 0 Å². The maximum Gasteiger partial charge on any atom is 0.222 e. The molecule has 84 valence electrons. The number of rotatable bonds is 8. The summed E-state index contributed by atoms with van der Waals surface area (Å²) < 4.78 is 4.92. The van der Waals surface area contributed by atoms with Gasteiger partial charge in [0.2, 0.25) is 5.91 Å². The highest BCUT2D eigenvalue weighted by atomic mass is 16.5. The number of aliphatic hydroxyl groups excluding tert-OH is 1. The standard InChI is InChI=1S/C10H21NO3/c1-3-11(7-9-14-2)10(13)6-4-5-8-12/h12H,3-9H2,1-2H3. The highest BCUT2D eigenvalue weighted by molar-refractivity contribution is 5.76.